The first kappa shape index (κ1) is 90.9. The van der Waals surface area contributed by atoms with Crippen molar-refractivity contribution in [2.45, 2.75) is 0 Å². The van der Waals surface area contributed by atoms with Gasteiger partial charge in [-0.2, -0.15) is 0 Å². The van der Waals surface area contributed by atoms with Gasteiger partial charge in [-0.25, -0.2) is 0 Å². The zero-order valence-electron chi connectivity index (χ0n) is 1.86. The minimum Gasteiger partial charge on any atom is -0.412 e. The molecule has 41 valence electrons. The van der Waals surface area contributed by atoms with Crippen molar-refractivity contribution >= 4 is 17.4 Å². The zero-order valence-corrected chi connectivity index (χ0v) is 3.89. The first-order valence-corrected chi connectivity index (χ1v) is 0. The monoisotopic (exact) mass is 182 g/mol. The maximum atomic E-state index is 0. The van der Waals surface area contributed by atoms with Crippen LogP contribution >= 0.6 is 0 Å². The van der Waals surface area contributed by atoms with Crippen LogP contribution in [0.3, 0.4) is 0 Å². The second-order valence-corrected chi connectivity index (χ2v) is 0. The maximum absolute atomic E-state index is 0. The summed E-state index contributed by atoms with van der Waals surface area (Å²) in [5, 5.41) is 0. The van der Waals surface area contributed by atoms with Crippen LogP contribution in [0, 0.1) is 0 Å². The Hall–Kier alpha value is 1.45. The molecule has 5 heteroatoms. The second kappa shape index (κ2) is 51.2. The van der Waals surface area contributed by atoms with Gasteiger partial charge in [-0.3, -0.25) is 0 Å². The Morgan fingerprint density at radius 1 is 1.00 bits per heavy atom. The largest absolute Gasteiger partial charge is 0.412 e. The minimum atomic E-state index is 0. The minimum absolute atomic E-state index is 0. The molecule has 5 heavy (non-hydrogen) atoms. The summed E-state index contributed by atoms with van der Waals surface area (Å²) in [5.41, 5.74) is 0. The van der Waals surface area contributed by atoms with Gasteiger partial charge in [0.1, 0.15) is 0 Å². The van der Waals surface area contributed by atoms with Crippen LogP contribution in [0.1, 0.15) is 0 Å². The summed E-state index contributed by atoms with van der Waals surface area (Å²) in [7, 11) is 0. The fourth-order valence-electron chi connectivity index (χ4n) is 0. The Morgan fingerprint density at radius 3 is 1.00 bits per heavy atom. The van der Waals surface area contributed by atoms with E-state index in [4.69, 9.17) is 0 Å². The third-order valence-electron chi connectivity index (χ3n) is 0. The average molecular weight is 183 g/mol. The molecule has 0 aliphatic heterocycles. The van der Waals surface area contributed by atoms with Crippen molar-refractivity contribution in [1.82, 2.24) is 6.15 Å². The molecule has 0 rings (SSSR count). The summed E-state index contributed by atoms with van der Waals surface area (Å²) in [5.74, 6) is 0. The van der Waals surface area contributed by atoms with Gasteiger partial charge in [0, 0.05) is 33.3 Å². The second-order valence-electron chi connectivity index (χ2n) is 0. The summed E-state index contributed by atoms with van der Waals surface area (Å²) in [4.78, 5) is 0. The topological polar surface area (TPSA) is 66.5 Å². The van der Waals surface area contributed by atoms with E-state index < -0.39 is 0 Å². The Kier molecular flexibility index (Phi) is 932. The Labute approximate surface area is 62.2 Å². The van der Waals surface area contributed by atoms with Crippen molar-refractivity contribution in [2.24, 2.45) is 0 Å². The van der Waals surface area contributed by atoms with Crippen molar-refractivity contribution < 1.29 is 38.7 Å². The Bertz CT molecular complexity index is 11.6. The van der Waals surface area contributed by atoms with Gasteiger partial charge in [-0.1, -0.05) is 0 Å². The quantitative estimate of drug-likeness (QED) is 0.439. The number of rotatable bonds is 0. The van der Waals surface area contributed by atoms with E-state index in [9.17, 15) is 0 Å². The van der Waals surface area contributed by atoms with Crippen LogP contribution in [0.5, 0.6) is 0 Å². The van der Waals surface area contributed by atoms with Gasteiger partial charge in [-0.05, 0) is 0 Å². The van der Waals surface area contributed by atoms with Gasteiger partial charge >= 0.3 is 0 Å². The molecule has 0 unspecified atom stereocenters. The predicted octanol–water partition coefficient (Wildman–Crippen LogP) is -1.85. The molecule has 0 saturated carbocycles. The van der Waals surface area contributed by atoms with Crippen LogP contribution in [-0.2, 0) is 33.3 Å². The molecule has 1 radical (unpaired) electrons. The van der Waals surface area contributed by atoms with Gasteiger partial charge in [0.15, 0.2) is 17.4 Å². The molecule has 0 aromatic carbocycles. The molecule has 0 amide bonds. The van der Waals surface area contributed by atoms with Gasteiger partial charge < -0.3 is 11.6 Å². The van der Waals surface area contributed by atoms with Gasteiger partial charge in [0.25, 0.3) is 0 Å². The maximum Gasteiger partial charge on any atom is 0.187 e. The summed E-state index contributed by atoms with van der Waals surface area (Å²) >= 11 is 0. The molecule has 2 nitrogen and oxygen atoms in total. The molecule has 0 spiro atoms. The van der Waals surface area contributed by atoms with Gasteiger partial charge in [0.2, 0.25) is 0 Å². The molecule has 0 aromatic heterocycles. The molecular weight excluding hydrogens is 175 g/mol. The predicted molar refractivity (Wildman–Crippen MR) is 18.6 cm³/mol. The fraction of sp³-hybridized carbons (Fsp3) is 0. The standard InChI is InChI=1S/Al.Co.H3N.Ni.H2O.3H/h;;1H3;;1H2;;;. The van der Waals surface area contributed by atoms with Crippen LogP contribution in [-0.4, -0.2) is 22.8 Å². The van der Waals surface area contributed by atoms with Crippen molar-refractivity contribution in [3.05, 3.63) is 0 Å². The van der Waals surface area contributed by atoms with E-state index in [1.807, 2.05) is 0 Å². The number of hydrogen-bond acceptors (Lipinski definition) is 1. The molecule has 0 aliphatic rings. The van der Waals surface area contributed by atoms with E-state index in [1.165, 1.54) is 0 Å². The molecule has 0 aromatic rings. The molecule has 0 atom stereocenters. The normalized spacial score (nSPS) is 0. The van der Waals surface area contributed by atoms with Crippen molar-refractivity contribution in [3.8, 4) is 0 Å². The molecule has 0 heterocycles. The first-order chi connectivity index (χ1) is 0. The Balaban J connectivity index is 0. The van der Waals surface area contributed by atoms with E-state index in [0.29, 0.717) is 0 Å². The Morgan fingerprint density at radius 2 is 1.00 bits per heavy atom. The van der Waals surface area contributed by atoms with Crippen molar-refractivity contribution in [3.63, 3.8) is 0 Å². The van der Waals surface area contributed by atoms with E-state index in [-0.39, 0.29) is 62.3 Å². The smallest absolute Gasteiger partial charge is 0.187 e. The SMILES string of the molecule is N.O.[AlH3].[Co].[Ni]. The molecule has 0 fully saturated rings. The summed E-state index contributed by atoms with van der Waals surface area (Å²) < 4.78 is 0. The van der Waals surface area contributed by atoms with Crippen LogP contribution in [0.15, 0.2) is 0 Å². The van der Waals surface area contributed by atoms with Gasteiger partial charge in [-0.15, -0.1) is 0 Å². The van der Waals surface area contributed by atoms with Crippen molar-refractivity contribution in [1.29, 1.82) is 0 Å². The fourth-order valence-corrected chi connectivity index (χ4v) is 0. The third kappa shape index (κ3) is 30.8. The summed E-state index contributed by atoms with van der Waals surface area (Å²) in [6.45, 7) is 0. The zero-order chi connectivity index (χ0) is 0. The molecule has 0 aliphatic carbocycles. The van der Waals surface area contributed by atoms with Crippen LogP contribution < -0.4 is 6.15 Å². The van der Waals surface area contributed by atoms with E-state index in [2.05, 4.69) is 0 Å². The molecule has 5 N–H and O–H groups in total. The third-order valence-corrected chi connectivity index (χ3v) is 0. The van der Waals surface area contributed by atoms with E-state index >= 15 is 0 Å². The van der Waals surface area contributed by atoms with Crippen LogP contribution in [0.2, 0.25) is 0 Å². The van der Waals surface area contributed by atoms with E-state index in [1.54, 1.807) is 0 Å². The van der Waals surface area contributed by atoms with E-state index in [0.717, 1.165) is 0 Å². The number of hydrogen-bond donors (Lipinski definition) is 1. The van der Waals surface area contributed by atoms with Crippen molar-refractivity contribution in [2.75, 3.05) is 0 Å². The molecule has 0 saturated heterocycles. The van der Waals surface area contributed by atoms with Crippen LogP contribution in [0.4, 0.5) is 0 Å². The summed E-state index contributed by atoms with van der Waals surface area (Å²) in [6.07, 6.45) is 0. The summed E-state index contributed by atoms with van der Waals surface area (Å²) in [6, 6.07) is 0. The molecule has 0 bridgehead atoms. The average Bonchev–Trinajstić information content (AvgIpc) is 0. The molecular formula is H8AlCoNNiO. The first-order valence-electron chi connectivity index (χ1n) is 0. The van der Waals surface area contributed by atoms with Crippen LogP contribution in [0.25, 0.3) is 0 Å². The van der Waals surface area contributed by atoms with Gasteiger partial charge in [0.05, 0.1) is 0 Å².